The highest BCUT2D eigenvalue weighted by atomic mass is 16.5. The summed E-state index contributed by atoms with van der Waals surface area (Å²) in [6.07, 6.45) is 0. The molecule has 19 heavy (non-hydrogen) atoms. The van der Waals surface area contributed by atoms with Crippen LogP contribution in [0.4, 0.5) is 5.82 Å². The summed E-state index contributed by atoms with van der Waals surface area (Å²) >= 11 is 0. The molecule has 0 amide bonds. The van der Waals surface area contributed by atoms with Crippen LogP contribution >= 0.6 is 0 Å². The van der Waals surface area contributed by atoms with Crippen LogP contribution in [0.15, 0.2) is 30.3 Å². The number of nitrogens with zero attached hydrogens (tertiary/aromatic N) is 1. The van der Waals surface area contributed by atoms with E-state index in [1.807, 2.05) is 6.07 Å². The van der Waals surface area contributed by atoms with Crippen molar-refractivity contribution < 1.29 is 9.53 Å². The van der Waals surface area contributed by atoms with Crippen molar-refractivity contribution in [3.63, 3.8) is 0 Å². The van der Waals surface area contributed by atoms with Gasteiger partial charge >= 0.3 is 5.97 Å². The summed E-state index contributed by atoms with van der Waals surface area (Å²) in [5.74, 6) is 0.876. The molecule has 0 radical (unpaired) electrons. The quantitative estimate of drug-likeness (QED) is 0.610. The highest BCUT2D eigenvalue weighted by Crippen LogP contribution is 2.21. The summed E-state index contributed by atoms with van der Waals surface area (Å²) in [5.41, 5.74) is 8.46. The van der Waals surface area contributed by atoms with Crippen molar-refractivity contribution in [2.45, 2.75) is 0 Å². The molecular weight excluding hydrogens is 244 g/mol. The molecule has 4 N–H and O–H groups in total. The van der Waals surface area contributed by atoms with E-state index in [1.165, 1.54) is 7.11 Å². The van der Waals surface area contributed by atoms with Crippen LogP contribution in [0.3, 0.4) is 0 Å². The predicted molar refractivity (Wildman–Crippen MR) is 71.6 cm³/mol. The van der Waals surface area contributed by atoms with Gasteiger partial charge in [-0.25, -0.2) is 9.78 Å². The molecule has 3 aromatic rings. The lowest BCUT2D eigenvalue weighted by molar-refractivity contribution is 0.0601. The molecule has 0 saturated heterocycles. The summed E-state index contributed by atoms with van der Waals surface area (Å²) in [6, 6.07) is 8.77. The number of anilines is 1. The average molecular weight is 256 g/mol. The molecular formula is C13H12N4O2. The number of esters is 1. The molecule has 96 valence electrons. The van der Waals surface area contributed by atoms with Gasteiger partial charge in [-0.05, 0) is 30.3 Å². The molecule has 0 aliphatic carbocycles. The zero-order chi connectivity index (χ0) is 13.4. The fraction of sp³-hybridized carbons (Fsp3) is 0.0769. The lowest BCUT2D eigenvalue weighted by Gasteiger charge is -1.97. The number of aromatic amines is 2. The Bertz CT molecular complexity index is 757. The van der Waals surface area contributed by atoms with Crippen LogP contribution in [0, 0.1) is 0 Å². The molecule has 0 aliphatic rings. The third-order valence-corrected chi connectivity index (χ3v) is 2.87. The summed E-state index contributed by atoms with van der Waals surface area (Å²) in [5, 5.41) is 0. The number of nitrogens with two attached hydrogens (primary N) is 1. The minimum Gasteiger partial charge on any atom is -0.465 e. The lowest BCUT2D eigenvalue weighted by Crippen LogP contribution is -2.00. The van der Waals surface area contributed by atoms with Gasteiger partial charge in [0.25, 0.3) is 0 Å². The smallest absolute Gasteiger partial charge is 0.337 e. The second kappa shape index (κ2) is 4.16. The molecule has 2 heterocycles. The van der Waals surface area contributed by atoms with Crippen LogP contribution in [0.25, 0.3) is 22.6 Å². The second-order valence-electron chi connectivity index (χ2n) is 4.14. The lowest BCUT2D eigenvalue weighted by atomic mass is 10.2. The van der Waals surface area contributed by atoms with Crippen LogP contribution in [-0.2, 0) is 4.74 Å². The van der Waals surface area contributed by atoms with Crippen molar-refractivity contribution >= 4 is 22.8 Å². The van der Waals surface area contributed by atoms with Crippen molar-refractivity contribution in [1.29, 1.82) is 0 Å². The summed E-state index contributed by atoms with van der Waals surface area (Å²) < 4.78 is 4.68. The number of hydrogen-bond acceptors (Lipinski definition) is 4. The van der Waals surface area contributed by atoms with Crippen LogP contribution in [0.1, 0.15) is 10.4 Å². The van der Waals surface area contributed by atoms with Gasteiger partial charge in [-0.15, -0.1) is 0 Å². The number of hydrogen-bond donors (Lipinski definition) is 3. The first-order chi connectivity index (χ1) is 9.17. The fourth-order valence-electron chi connectivity index (χ4n) is 1.93. The number of carbonyl (C=O) groups is 1. The number of imidazole rings is 1. The molecule has 0 atom stereocenters. The van der Waals surface area contributed by atoms with E-state index in [4.69, 9.17) is 5.73 Å². The number of methoxy groups -OCH3 is 1. The van der Waals surface area contributed by atoms with Gasteiger partial charge in [0.1, 0.15) is 5.82 Å². The number of carbonyl (C=O) groups excluding carboxylic acids is 1. The average Bonchev–Trinajstić information content (AvgIpc) is 3.02. The molecule has 0 bridgehead atoms. The molecule has 3 rings (SSSR count). The van der Waals surface area contributed by atoms with Crippen molar-refractivity contribution in [2.24, 2.45) is 0 Å². The Kier molecular flexibility index (Phi) is 2.49. The first kappa shape index (κ1) is 11.3. The van der Waals surface area contributed by atoms with Gasteiger partial charge in [0, 0.05) is 0 Å². The maximum Gasteiger partial charge on any atom is 0.337 e. The predicted octanol–water partition coefficient (Wildman–Crippen LogP) is 1.93. The van der Waals surface area contributed by atoms with E-state index in [2.05, 4.69) is 19.7 Å². The van der Waals surface area contributed by atoms with E-state index >= 15 is 0 Å². The Labute approximate surface area is 108 Å². The van der Waals surface area contributed by atoms with Crippen LogP contribution in [0.5, 0.6) is 0 Å². The van der Waals surface area contributed by atoms with Crippen LogP contribution in [-0.4, -0.2) is 28.0 Å². The monoisotopic (exact) mass is 256 g/mol. The zero-order valence-corrected chi connectivity index (χ0v) is 10.2. The van der Waals surface area contributed by atoms with Gasteiger partial charge in [-0.2, -0.15) is 0 Å². The van der Waals surface area contributed by atoms with Gasteiger partial charge in [0.05, 0.1) is 29.4 Å². The fourth-order valence-corrected chi connectivity index (χ4v) is 1.93. The van der Waals surface area contributed by atoms with Gasteiger partial charge in [-0.3, -0.25) is 0 Å². The van der Waals surface area contributed by atoms with Gasteiger partial charge in [-0.1, -0.05) is 0 Å². The Morgan fingerprint density at radius 3 is 2.79 bits per heavy atom. The van der Waals surface area contributed by atoms with E-state index in [9.17, 15) is 4.79 Å². The van der Waals surface area contributed by atoms with Crippen molar-refractivity contribution in [3.8, 4) is 11.5 Å². The number of nitrogens with one attached hydrogen (secondary N) is 2. The molecule has 0 spiro atoms. The first-order valence-electron chi connectivity index (χ1n) is 5.70. The summed E-state index contributed by atoms with van der Waals surface area (Å²) in [7, 11) is 1.35. The van der Waals surface area contributed by atoms with Crippen LogP contribution in [0.2, 0.25) is 0 Å². The van der Waals surface area contributed by atoms with Gasteiger partial charge in [0.15, 0.2) is 5.82 Å². The second-order valence-corrected chi connectivity index (χ2v) is 4.14. The molecule has 0 aliphatic heterocycles. The minimum atomic E-state index is -0.373. The number of H-pyrrole nitrogens is 2. The highest BCUT2D eigenvalue weighted by molar-refractivity contribution is 5.94. The van der Waals surface area contributed by atoms with Crippen molar-refractivity contribution in [2.75, 3.05) is 12.8 Å². The van der Waals surface area contributed by atoms with Gasteiger partial charge < -0.3 is 20.4 Å². The van der Waals surface area contributed by atoms with E-state index in [0.29, 0.717) is 17.2 Å². The number of ether oxygens (including phenoxy) is 1. The molecule has 6 heteroatoms. The Morgan fingerprint density at radius 2 is 2.11 bits per heavy atom. The third-order valence-electron chi connectivity index (χ3n) is 2.87. The summed E-state index contributed by atoms with van der Waals surface area (Å²) in [4.78, 5) is 22.0. The number of rotatable bonds is 2. The SMILES string of the molecule is COC(=O)c1ccc2nc(-c3ccc(N)[nH]3)[nH]c2c1. The Balaban J connectivity index is 2.08. The van der Waals surface area contributed by atoms with Gasteiger partial charge in [0.2, 0.25) is 0 Å². The largest absolute Gasteiger partial charge is 0.465 e. The van der Waals surface area contributed by atoms with E-state index < -0.39 is 0 Å². The molecule has 0 fully saturated rings. The summed E-state index contributed by atoms with van der Waals surface area (Å²) in [6.45, 7) is 0. The number of fused-ring (bicyclic) bond motifs is 1. The van der Waals surface area contributed by atoms with E-state index in [0.717, 1.165) is 16.7 Å². The topological polar surface area (TPSA) is 96.8 Å². The Morgan fingerprint density at radius 1 is 1.26 bits per heavy atom. The molecule has 6 nitrogen and oxygen atoms in total. The van der Waals surface area contributed by atoms with Crippen molar-refractivity contribution in [3.05, 3.63) is 35.9 Å². The maximum absolute atomic E-state index is 11.5. The molecule has 0 saturated carbocycles. The van der Waals surface area contributed by atoms with Crippen molar-refractivity contribution in [1.82, 2.24) is 15.0 Å². The minimum absolute atomic E-state index is 0.373. The van der Waals surface area contributed by atoms with E-state index in [1.54, 1.807) is 24.3 Å². The number of benzene rings is 1. The number of nitrogen functional groups attached to an aromatic ring is 1. The van der Waals surface area contributed by atoms with Crippen LogP contribution < -0.4 is 5.73 Å². The maximum atomic E-state index is 11.5. The molecule has 2 aromatic heterocycles. The zero-order valence-electron chi connectivity index (χ0n) is 10.2. The Hall–Kier alpha value is -2.76. The molecule has 1 aromatic carbocycles. The highest BCUT2D eigenvalue weighted by Gasteiger charge is 2.10. The molecule has 0 unspecified atom stereocenters. The standard InChI is InChI=1S/C13H12N4O2/c1-19-13(18)7-2-3-8-10(6-7)17-12(16-8)9-4-5-11(14)15-9/h2-6,15H,14H2,1H3,(H,16,17). The number of aromatic nitrogens is 3. The normalized spacial score (nSPS) is 10.8. The van der Waals surface area contributed by atoms with E-state index in [-0.39, 0.29) is 5.97 Å². The third kappa shape index (κ3) is 1.93. The first-order valence-corrected chi connectivity index (χ1v) is 5.70.